The average molecular weight is 520 g/mol. The molecule has 0 aliphatic rings. The van der Waals surface area contributed by atoms with Crippen molar-refractivity contribution in [2.24, 2.45) is 5.73 Å². The Hall–Kier alpha value is -2.33. The Bertz CT molecular complexity index is 1220. The second-order valence-electron chi connectivity index (χ2n) is 7.81. The molecule has 3 rings (SSSR count). The second kappa shape index (κ2) is 11.9. The molecule has 6 nitrogen and oxygen atoms in total. The monoisotopic (exact) mass is 519 g/mol. The van der Waals surface area contributed by atoms with E-state index in [2.05, 4.69) is 0 Å². The van der Waals surface area contributed by atoms with Crippen LogP contribution < -0.4 is 10.5 Å². The zero-order valence-electron chi connectivity index (χ0n) is 18.3. The summed E-state index contributed by atoms with van der Waals surface area (Å²) in [6, 6.07) is 23.5. The van der Waals surface area contributed by atoms with Crippen molar-refractivity contribution in [1.29, 1.82) is 0 Å². The highest BCUT2D eigenvalue weighted by Gasteiger charge is 2.22. The minimum absolute atomic E-state index is 0.242. The summed E-state index contributed by atoms with van der Waals surface area (Å²) in [5.74, 6) is 0.791. The number of hydrogen-bond donors (Lipinski definition) is 3. The molecule has 0 saturated heterocycles. The standard InChI is InChI=1S/C25H26ClNO5S2/c26-24-16-23(9-6-20(24)12-13-25(27,18-28)14-15-34(29,30)31)33-22-10-7-21(8-11-22)32-17-19-4-2-1-3-5-19/h1-11,14-16,28H,12-13,17-18,27H2,(H,29,30,31). The number of aryl methyl sites for hydroxylation is 1. The van der Waals surface area contributed by atoms with E-state index in [0.717, 1.165) is 32.7 Å². The number of aliphatic hydroxyl groups is 1. The van der Waals surface area contributed by atoms with Gasteiger partial charge in [0.2, 0.25) is 0 Å². The highest BCUT2D eigenvalue weighted by molar-refractivity contribution is 7.99. The first kappa shape index (κ1) is 26.3. The van der Waals surface area contributed by atoms with Gasteiger partial charge in [-0.25, -0.2) is 0 Å². The summed E-state index contributed by atoms with van der Waals surface area (Å²) in [5, 5.41) is 10.7. The van der Waals surface area contributed by atoms with Crippen molar-refractivity contribution >= 4 is 33.5 Å². The minimum atomic E-state index is -4.32. The van der Waals surface area contributed by atoms with Crippen molar-refractivity contribution in [2.45, 2.75) is 34.8 Å². The van der Waals surface area contributed by atoms with Crippen LogP contribution in [0.3, 0.4) is 0 Å². The summed E-state index contributed by atoms with van der Waals surface area (Å²) in [5.41, 5.74) is 6.66. The fourth-order valence-corrected chi connectivity index (χ4v) is 4.72. The van der Waals surface area contributed by atoms with Crippen molar-refractivity contribution in [3.63, 3.8) is 0 Å². The highest BCUT2D eigenvalue weighted by atomic mass is 35.5. The lowest BCUT2D eigenvalue weighted by Gasteiger charge is -2.23. The first-order valence-corrected chi connectivity index (χ1v) is 13.2. The number of benzene rings is 3. The Balaban J connectivity index is 1.57. The number of hydrogen-bond acceptors (Lipinski definition) is 6. The Morgan fingerprint density at radius 3 is 2.32 bits per heavy atom. The van der Waals surface area contributed by atoms with Crippen molar-refractivity contribution in [2.75, 3.05) is 6.61 Å². The maximum atomic E-state index is 10.9. The molecule has 1 unspecified atom stereocenters. The van der Waals surface area contributed by atoms with E-state index >= 15 is 0 Å². The van der Waals surface area contributed by atoms with Crippen molar-refractivity contribution in [3.8, 4) is 5.75 Å². The molecule has 180 valence electrons. The van der Waals surface area contributed by atoms with Crippen LogP contribution in [0.5, 0.6) is 5.75 Å². The molecule has 0 amide bonds. The maximum Gasteiger partial charge on any atom is 0.287 e. The van der Waals surface area contributed by atoms with Gasteiger partial charge in [-0.05, 0) is 66.4 Å². The van der Waals surface area contributed by atoms with Gasteiger partial charge in [-0.15, -0.1) is 0 Å². The molecule has 34 heavy (non-hydrogen) atoms. The van der Waals surface area contributed by atoms with Gasteiger partial charge in [0.25, 0.3) is 10.1 Å². The van der Waals surface area contributed by atoms with Gasteiger partial charge < -0.3 is 15.6 Å². The van der Waals surface area contributed by atoms with E-state index in [1.807, 2.05) is 72.8 Å². The summed E-state index contributed by atoms with van der Waals surface area (Å²) >= 11 is 8.01. The lowest BCUT2D eigenvalue weighted by molar-refractivity contribution is 0.220. The van der Waals surface area contributed by atoms with Gasteiger partial charge in [0.05, 0.1) is 17.6 Å². The molecule has 0 bridgehead atoms. The van der Waals surface area contributed by atoms with Crippen LogP contribution in [-0.2, 0) is 23.1 Å². The molecule has 0 aliphatic heterocycles. The quantitative estimate of drug-likeness (QED) is 0.302. The van der Waals surface area contributed by atoms with Gasteiger partial charge in [-0.3, -0.25) is 4.55 Å². The van der Waals surface area contributed by atoms with Crippen molar-refractivity contribution < 1.29 is 22.8 Å². The lowest BCUT2D eigenvalue weighted by atomic mass is 9.93. The third-order valence-electron chi connectivity index (χ3n) is 5.06. The Morgan fingerprint density at radius 2 is 1.71 bits per heavy atom. The third kappa shape index (κ3) is 8.47. The van der Waals surface area contributed by atoms with Gasteiger partial charge in [0, 0.05) is 14.8 Å². The first-order chi connectivity index (χ1) is 16.2. The van der Waals surface area contributed by atoms with Crippen LogP contribution in [0.4, 0.5) is 0 Å². The number of nitrogens with two attached hydrogens (primary N) is 1. The molecule has 0 heterocycles. The lowest BCUT2D eigenvalue weighted by Crippen LogP contribution is -2.42. The highest BCUT2D eigenvalue weighted by Crippen LogP contribution is 2.32. The minimum Gasteiger partial charge on any atom is -0.489 e. The van der Waals surface area contributed by atoms with Gasteiger partial charge in [-0.1, -0.05) is 59.8 Å². The summed E-state index contributed by atoms with van der Waals surface area (Å²) in [7, 11) is -4.32. The zero-order valence-corrected chi connectivity index (χ0v) is 20.7. The van der Waals surface area contributed by atoms with E-state index in [1.165, 1.54) is 0 Å². The maximum absolute atomic E-state index is 10.9. The predicted octanol–water partition coefficient (Wildman–Crippen LogP) is 5.09. The molecular weight excluding hydrogens is 494 g/mol. The van der Waals surface area contributed by atoms with E-state index in [4.69, 9.17) is 26.6 Å². The normalized spacial score (nSPS) is 13.6. The number of aliphatic hydroxyl groups excluding tert-OH is 1. The van der Waals surface area contributed by atoms with Crippen LogP contribution in [0.1, 0.15) is 17.5 Å². The number of halogens is 1. The van der Waals surface area contributed by atoms with Crippen LogP contribution in [0.2, 0.25) is 5.02 Å². The van der Waals surface area contributed by atoms with E-state index in [0.29, 0.717) is 23.5 Å². The van der Waals surface area contributed by atoms with Crippen LogP contribution in [-0.4, -0.2) is 30.2 Å². The van der Waals surface area contributed by atoms with Crippen molar-refractivity contribution in [3.05, 3.63) is 100 Å². The average Bonchev–Trinajstić information content (AvgIpc) is 2.82. The molecule has 0 spiro atoms. The molecule has 0 fully saturated rings. The SMILES string of the molecule is NC(C=CS(=O)(=O)O)(CO)CCc1ccc(Sc2ccc(OCc3ccccc3)cc2)cc1Cl. The van der Waals surface area contributed by atoms with E-state index in [-0.39, 0.29) is 6.42 Å². The van der Waals surface area contributed by atoms with Crippen molar-refractivity contribution in [1.82, 2.24) is 0 Å². The second-order valence-corrected chi connectivity index (χ2v) is 10.7. The molecule has 0 aliphatic carbocycles. The Kier molecular flexibility index (Phi) is 9.18. The zero-order chi connectivity index (χ0) is 24.6. The van der Waals surface area contributed by atoms with E-state index < -0.39 is 22.3 Å². The molecule has 4 N–H and O–H groups in total. The molecular formula is C25H26ClNO5S2. The van der Waals surface area contributed by atoms with E-state index in [1.54, 1.807) is 11.8 Å². The van der Waals surface area contributed by atoms with Gasteiger partial charge in [0.1, 0.15) is 12.4 Å². The first-order valence-electron chi connectivity index (χ1n) is 10.5. The summed E-state index contributed by atoms with van der Waals surface area (Å²) in [4.78, 5) is 1.99. The largest absolute Gasteiger partial charge is 0.489 e. The number of rotatable bonds is 11. The molecule has 3 aromatic carbocycles. The Morgan fingerprint density at radius 1 is 1.03 bits per heavy atom. The van der Waals surface area contributed by atoms with Crippen LogP contribution >= 0.6 is 23.4 Å². The fourth-order valence-electron chi connectivity index (χ4n) is 3.08. The topological polar surface area (TPSA) is 110 Å². The van der Waals surface area contributed by atoms with Gasteiger partial charge in [-0.2, -0.15) is 8.42 Å². The number of ether oxygens (including phenoxy) is 1. The van der Waals surface area contributed by atoms with E-state index in [9.17, 15) is 13.5 Å². The molecule has 9 heteroatoms. The molecule has 3 aromatic rings. The van der Waals surface area contributed by atoms with Crippen LogP contribution in [0, 0.1) is 0 Å². The smallest absolute Gasteiger partial charge is 0.287 e. The fraction of sp³-hybridized carbons (Fsp3) is 0.200. The molecule has 0 saturated carbocycles. The molecule has 0 aromatic heterocycles. The summed E-state index contributed by atoms with van der Waals surface area (Å²) in [6.07, 6.45) is 1.75. The Labute approximate surface area is 209 Å². The van der Waals surface area contributed by atoms with Crippen LogP contribution in [0.25, 0.3) is 0 Å². The van der Waals surface area contributed by atoms with Crippen LogP contribution in [0.15, 0.2) is 94.1 Å². The third-order valence-corrected chi connectivity index (χ3v) is 6.89. The molecule has 1 atom stereocenters. The molecule has 0 radical (unpaired) electrons. The van der Waals surface area contributed by atoms with Gasteiger partial charge in [0.15, 0.2) is 0 Å². The predicted molar refractivity (Wildman–Crippen MR) is 136 cm³/mol. The summed E-state index contributed by atoms with van der Waals surface area (Å²) in [6.45, 7) is 0.0337. The van der Waals surface area contributed by atoms with Gasteiger partial charge >= 0.3 is 0 Å². The summed E-state index contributed by atoms with van der Waals surface area (Å²) < 4.78 is 36.5.